The summed E-state index contributed by atoms with van der Waals surface area (Å²) in [5.74, 6) is -0.855. The van der Waals surface area contributed by atoms with Gasteiger partial charge in [-0.15, -0.1) is 0 Å². The van der Waals surface area contributed by atoms with Crippen LogP contribution in [-0.2, 0) is 21.2 Å². The van der Waals surface area contributed by atoms with Crippen LogP contribution >= 0.6 is 0 Å². The number of hydrogen-bond acceptors (Lipinski definition) is 3. The summed E-state index contributed by atoms with van der Waals surface area (Å²) in [6.07, 6.45) is 2.20. The van der Waals surface area contributed by atoms with Crippen LogP contribution in [0.3, 0.4) is 0 Å². The van der Waals surface area contributed by atoms with Crippen molar-refractivity contribution in [1.29, 1.82) is 0 Å². The van der Waals surface area contributed by atoms with Crippen LogP contribution in [0.5, 0.6) is 0 Å². The minimum Gasteiger partial charge on any atom is -0.481 e. The van der Waals surface area contributed by atoms with Gasteiger partial charge in [0.1, 0.15) is 0 Å². The Hall–Kier alpha value is -2.02. The highest BCUT2D eigenvalue weighted by atomic mass is 32.2. The van der Waals surface area contributed by atoms with Gasteiger partial charge in [0, 0.05) is 29.2 Å². The Kier molecular flexibility index (Phi) is 3.99. The van der Waals surface area contributed by atoms with Crippen LogP contribution in [0.1, 0.15) is 18.9 Å². The highest BCUT2D eigenvalue weighted by Crippen LogP contribution is 2.24. The van der Waals surface area contributed by atoms with Crippen LogP contribution in [0.15, 0.2) is 24.4 Å². The van der Waals surface area contributed by atoms with Gasteiger partial charge in [0.05, 0.1) is 5.75 Å². The molecular weight excluding hydrogens is 280 g/mol. The lowest BCUT2D eigenvalue weighted by Gasteiger charge is -2.06. The topological polar surface area (TPSA) is 99.3 Å². The second kappa shape index (κ2) is 5.54. The second-order valence-corrected chi connectivity index (χ2v) is 6.48. The average Bonchev–Trinajstić information content (AvgIpc) is 2.78. The van der Waals surface area contributed by atoms with Gasteiger partial charge in [-0.25, -0.2) is 8.42 Å². The number of anilines is 1. The number of carboxylic acids is 1. The number of hydrogen-bond donors (Lipinski definition) is 3. The van der Waals surface area contributed by atoms with Gasteiger partial charge in [0.2, 0.25) is 10.0 Å². The first-order valence-corrected chi connectivity index (χ1v) is 7.89. The molecule has 0 aliphatic rings. The number of aryl methyl sites for hydroxylation is 1. The molecule has 0 saturated heterocycles. The number of carboxylic acid groups (broad SMARTS) is 1. The molecule has 0 unspecified atom stereocenters. The lowest BCUT2D eigenvalue weighted by Crippen LogP contribution is -2.14. The van der Waals surface area contributed by atoms with Crippen LogP contribution < -0.4 is 4.72 Å². The third-order valence-electron chi connectivity index (χ3n) is 3.03. The van der Waals surface area contributed by atoms with Gasteiger partial charge in [-0.3, -0.25) is 9.52 Å². The number of carbonyl (C=O) groups is 1. The van der Waals surface area contributed by atoms with Crippen LogP contribution in [0, 0.1) is 0 Å². The van der Waals surface area contributed by atoms with E-state index < -0.39 is 16.0 Å². The van der Waals surface area contributed by atoms with E-state index in [0.29, 0.717) is 12.1 Å². The summed E-state index contributed by atoms with van der Waals surface area (Å²) >= 11 is 0. The molecule has 3 N–H and O–H groups in total. The molecular formula is C13H16N2O4S. The molecule has 0 atom stereocenters. The largest absolute Gasteiger partial charge is 0.481 e. The Morgan fingerprint density at radius 1 is 1.40 bits per heavy atom. The van der Waals surface area contributed by atoms with Gasteiger partial charge < -0.3 is 10.1 Å². The van der Waals surface area contributed by atoms with Crippen molar-refractivity contribution < 1.29 is 18.3 Å². The Balaban J connectivity index is 2.32. The van der Waals surface area contributed by atoms with Crippen molar-refractivity contribution in [3.8, 4) is 0 Å². The number of fused-ring (bicyclic) bond motifs is 1. The molecule has 0 radical (unpaired) electrons. The normalized spacial score (nSPS) is 11.7. The Morgan fingerprint density at radius 2 is 2.15 bits per heavy atom. The monoisotopic (exact) mass is 296 g/mol. The minimum atomic E-state index is -3.32. The van der Waals surface area contributed by atoms with E-state index in [0.717, 1.165) is 16.5 Å². The second-order valence-electron chi connectivity index (χ2n) is 4.47. The highest BCUT2D eigenvalue weighted by Gasteiger charge is 2.10. The van der Waals surface area contributed by atoms with Gasteiger partial charge >= 0.3 is 5.97 Å². The number of aliphatic carboxylic acids is 1. The average molecular weight is 296 g/mol. The third kappa shape index (κ3) is 3.30. The Morgan fingerprint density at radius 3 is 2.80 bits per heavy atom. The molecule has 0 saturated carbocycles. The standard InChI is InChI=1S/C13H16N2O4S/c1-2-20(18,19)15-10-4-5-12-11(7-10)9(8-14-12)3-6-13(16)17/h4-5,7-8,14-15H,2-3,6H2,1H3,(H,16,17). The zero-order valence-corrected chi connectivity index (χ0v) is 11.8. The predicted molar refractivity (Wildman–Crippen MR) is 77.3 cm³/mol. The molecule has 2 rings (SSSR count). The molecule has 0 fully saturated rings. The number of sulfonamides is 1. The van der Waals surface area contributed by atoms with Crippen LogP contribution in [0.2, 0.25) is 0 Å². The number of rotatable bonds is 6. The van der Waals surface area contributed by atoms with E-state index >= 15 is 0 Å². The van der Waals surface area contributed by atoms with Crippen molar-refractivity contribution in [2.75, 3.05) is 10.5 Å². The van der Waals surface area contributed by atoms with E-state index in [1.54, 1.807) is 31.3 Å². The molecule has 1 aromatic heterocycles. The van der Waals surface area contributed by atoms with E-state index in [9.17, 15) is 13.2 Å². The SMILES string of the molecule is CCS(=O)(=O)Nc1ccc2[nH]cc(CCC(=O)O)c2c1. The first-order valence-electron chi connectivity index (χ1n) is 6.23. The van der Waals surface area contributed by atoms with Crippen molar-refractivity contribution in [3.05, 3.63) is 30.0 Å². The Labute approximate surface area is 116 Å². The summed E-state index contributed by atoms with van der Waals surface area (Å²) in [7, 11) is -3.32. The summed E-state index contributed by atoms with van der Waals surface area (Å²) in [5, 5.41) is 9.56. The maximum Gasteiger partial charge on any atom is 0.303 e. The molecule has 7 heteroatoms. The zero-order chi connectivity index (χ0) is 14.8. The van der Waals surface area contributed by atoms with Gasteiger partial charge in [-0.2, -0.15) is 0 Å². The zero-order valence-electron chi connectivity index (χ0n) is 11.0. The quantitative estimate of drug-likeness (QED) is 0.758. The van der Waals surface area contributed by atoms with E-state index in [1.165, 1.54) is 0 Å². The molecule has 0 amide bonds. The molecule has 20 heavy (non-hydrogen) atoms. The molecule has 0 aliphatic heterocycles. The molecule has 1 heterocycles. The van der Waals surface area contributed by atoms with Crippen molar-refractivity contribution in [2.24, 2.45) is 0 Å². The van der Waals surface area contributed by atoms with Crippen LogP contribution in [0.4, 0.5) is 5.69 Å². The molecule has 6 nitrogen and oxygen atoms in total. The predicted octanol–water partition coefficient (Wildman–Crippen LogP) is 1.95. The van der Waals surface area contributed by atoms with Crippen molar-refractivity contribution in [1.82, 2.24) is 4.98 Å². The van der Waals surface area contributed by atoms with Gasteiger partial charge in [-0.1, -0.05) is 0 Å². The number of benzene rings is 1. The maximum atomic E-state index is 11.5. The van der Waals surface area contributed by atoms with E-state index in [2.05, 4.69) is 9.71 Å². The molecule has 1 aromatic carbocycles. The first kappa shape index (κ1) is 14.4. The molecule has 0 spiro atoms. The number of nitrogens with one attached hydrogen (secondary N) is 2. The summed E-state index contributed by atoms with van der Waals surface area (Å²) in [6.45, 7) is 1.56. The molecule has 0 aliphatic carbocycles. The summed E-state index contributed by atoms with van der Waals surface area (Å²) in [6, 6.07) is 5.16. The van der Waals surface area contributed by atoms with Gasteiger partial charge in [0.25, 0.3) is 0 Å². The first-order chi connectivity index (χ1) is 9.41. The fraction of sp³-hybridized carbons (Fsp3) is 0.308. The molecule has 2 aromatic rings. The van der Waals surface area contributed by atoms with E-state index in [4.69, 9.17) is 5.11 Å². The number of H-pyrrole nitrogens is 1. The van der Waals surface area contributed by atoms with Crippen LogP contribution in [0.25, 0.3) is 10.9 Å². The van der Waals surface area contributed by atoms with Gasteiger partial charge in [0.15, 0.2) is 0 Å². The van der Waals surface area contributed by atoms with Crippen molar-refractivity contribution in [3.63, 3.8) is 0 Å². The van der Waals surface area contributed by atoms with Crippen molar-refractivity contribution >= 4 is 32.6 Å². The molecule has 0 bridgehead atoms. The summed E-state index contributed by atoms with van der Waals surface area (Å²) in [5.41, 5.74) is 2.19. The lowest BCUT2D eigenvalue weighted by molar-refractivity contribution is -0.136. The maximum absolute atomic E-state index is 11.5. The number of aromatic amines is 1. The van der Waals surface area contributed by atoms with Gasteiger partial charge in [-0.05, 0) is 37.1 Å². The van der Waals surface area contributed by atoms with E-state index in [1.807, 2.05) is 0 Å². The van der Waals surface area contributed by atoms with Crippen molar-refractivity contribution in [2.45, 2.75) is 19.8 Å². The minimum absolute atomic E-state index is 0.00401. The fourth-order valence-electron chi connectivity index (χ4n) is 1.94. The summed E-state index contributed by atoms with van der Waals surface area (Å²) in [4.78, 5) is 13.7. The van der Waals surface area contributed by atoms with E-state index in [-0.39, 0.29) is 12.2 Å². The van der Waals surface area contributed by atoms with Crippen LogP contribution in [-0.4, -0.2) is 30.2 Å². The Bertz CT molecular complexity index is 734. The summed E-state index contributed by atoms with van der Waals surface area (Å²) < 4.78 is 25.6. The fourth-order valence-corrected chi connectivity index (χ4v) is 2.57. The lowest BCUT2D eigenvalue weighted by atomic mass is 10.1. The molecule has 108 valence electrons. The number of aromatic nitrogens is 1. The smallest absolute Gasteiger partial charge is 0.303 e. The highest BCUT2D eigenvalue weighted by molar-refractivity contribution is 7.92. The third-order valence-corrected chi connectivity index (χ3v) is 4.34.